The molecule has 0 radical (unpaired) electrons. The number of amides is 1. The van der Waals surface area contributed by atoms with Crippen molar-refractivity contribution < 1.29 is 19.1 Å². The fraction of sp³-hybridized carbons (Fsp3) is 0.400. The van der Waals surface area contributed by atoms with Crippen LogP contribution in [0.25, 0.3) is 0 Å². The Kier molecular flexibility index (Phi) is 11.3. The summed E-state index contributed by atoms with van der Waals surface area (Å²) in [7, 11) is 1.48. The van der Waals surface area contributed by atoms with E-state index >= 15 is 0 Å². The lowest BCUT2D eigenvalue weighted by Crippen LogP contribution is -2.16. The molecule has 0 heterocycles. The van der Waals surface area contributed by atoms with Crippen molar-refractivity contribution in [2.75, 3.05) is 7.11 Å². The van der Waals surface area contributed by atoms with Crippen LogP contribution in [0.1, 0.15) is 74.2 Å². The lowest BCUT2D eigenvalue weighted by molar-refractivity contribution is -0.121. The summed E-state index contributed by atoms with van der Waals surface area (Å²) in [6.07, 6.45) is 10.1. The molecule has 0 saturated heterocycles. The molecule has 0 aliphatic rings. The minimum absolute atomic E-state index is 0.105. The summed E-state index contributed by atoms with van der Waals surface area (Å²) in [5.74, 6) is -0.0543. The van der Waals surface area contributed by atoms with Crippen LogP contribution in [-0.2, 0) is 4.79 Å². The first-order valence-electron chi connectivity index (χ1n) is 11.0. The Labute approximate surface area is 195 Å². The maximum absolute atomic E-state index is 12.4. The maximum atomic E-state index is 12.4. The standard InChI is InChI=1S/C25H31ClN2O4/c1-3-4-5-6-7-8-9-14-24(29)28-27-18-19-15-16-22(23(17-19)31-2)32-25(30)20-12-10-11-13-21(20)26/h10-13,15-18H,3-9,14H2,1-2H3,(H,28,29). The molecule has 1 amide bonds. The second-order valence-corrected chi connectivity index (χ2v) is 7.85. The Morgan fingerprint density at radius 1 is 1.00 bits per heavy atom. The van der Waals surface area contributed by atoms with Crippen LogP contribution in [0.5, 0.6) is 11.5 Å². The molecule has 0 unspecified atom stereocenters. The highest BCUT2D eigenvalue weighted by atomic mass is 35.5. The van der Waals surface area contributed by atoms with Gasteiger partial charge in [0, 0.05) is 6.42 Å². The minimum Gasteiger partial charge on any atom is -0.493 e. The number of nitrogens with one attached hydrogen (secondary N) is 1. The zero-order valence-corrected chi connectivity index (χ0v) is 19.5. The van der Waals surface area contributed by atoms with E-state index in [0.29, 0.717) is 22.8 Å². The largest absolute Gasteiger partial charge is 0.493 e. The van der Waals surface area contributed by atoms with Gasteiger partial charge in [-0.05, 0) is 42.3 Å². The Morgan fingerprint density at radius 2 is 1.72 bits per heavy atom. The third-order valence-corrected chi connectivity index (χ3v) is 5.22. The van der Waals surface area contributed by atoms with Gasteiger partial charge in [0.15, 0.2) is 11.5 Å². The molecule has 0 bridgehead atoms. The number of benzene rings is 2. The van der Waals surface area contributed by atoms with Gasteiger partial charge < -0.3 is 9.47 Å². The van der Waals surface area contributed by atoms with Gasteiger partial charge in [-0.1, -0.05) is 69.2 Å². The number of carbonyl (C=O) groups excluding carboxylic acids is 2. The first-order chi connectivity index (χ1) is 15.5. The van der Waals surface area contributed by atoms with Crippen LogP contribution < -0.4 is 14.9 Å². The number of ether oxygens (including phenoxy) is 2. The van der Waals surface area contributed by atoms with Gasteiger partial charge >= 0.3 is 5.97 Å². The number of hydrogen-bond donors (Lipinski definition) is 1. The predicted octanol–water partition coefficient (Wildman–Crippen LogP) is 6.16. The molecule has 0 spiro atoms. The van der Waals surface area contributed by atoms with Crippen LogP contribution in [0, 0.1) is 0 Å². The monoisotopic (exact) mass is 458 g/mol. The van der Waals surface area contributed by atoms with Gasteiger partial charge in [0.1, 0.15) is 0 Å². The number of rotatable bonds is 13. The zero-order chi connectivity index (χ0) is 23.2. The van der Waals surface area contributed by atoms with E-state index in [1.54, 1.807) is 42.5 Å². The van der Waals surface area contributed by atoms with Gasteiger partial charge in [-0.3, -0.25) is 4.79 Å². The van der Waals surface area contributed by atoms with Crippen molar-refractivity contribution in [1.29, 1.82) is 0 Å². The summed E-state index contributed by atoms with van der Waals surface area (Å²) in [6, 6.07) is 11.6. The lowest BCUT2D eigenvalue weighted by Gasteiger charge is -2.10. The van der Waals surface area contributed by atoms with Crippen molar-refractivity contribution in [3.63, 3.8) is 0 Å². The summed E-state index contributed by atoms with van der Waals surface area (Å²) in [5, 5.41) is 4.31. The normalized spacial score (nSPS) is 10.8. The number of esters is 1. The Hall–Kier alpha value is -2.86. The lowest BCUT2D eigenvalue weighted by atomic mass is 10.1. The number of hydrogen-bond acceptors (Lipinski definition) is 5. The zero-order valence-electron chi connectivity index (χ0n) is 18.7. The van der Waals surface area contributed by atoms with Gasteiger partial charge in [-0.15, -0.1) is 0 Å². The van der Waals surface area contributed by atoms with Crippen LogP contribution in [0.2, 0.25) is 5.02 Å². The van der Waals surface area contributed by atoms with Crippen LogP contribution in [0.15, 0.2) is 47.6 Å². The summed E-state index contributed by atoms with van der Waals surface area (Å²) in [6.45, 7) is 2.20. The van der Waals surface area contributed by atoms with E-state index in [9.17, 15) is 9.59 Å². The molecule has 2 rings (SSSR count). The first-order valence-corrected chi connectivity index (χ1v) is 11.4. The van der Waals surface area contributed by atoms with Gasteiger partial charge in [0.2, 0.25) is 5.91 Å². The highest BCUT2D eigenvalue weighted by Gasteiger charge is 2.15. The number of halogens is 1. The second kappa shape index (κ2) is 14.2. The molecule has 1 N–H and O–H groups in total. The predicted molar refractivity (Wildman–Crippen MR) is 128 cm³/mol. The molecule has 32 heavy (non-hydrogen) atoms. The Morgan fingerprint density at radius 3 is 2.44 bits per heavy atom. The minimum atomic E-state index is -0.576. The number of carbonyl (C=O) groups is 2. The number of unbranched alkanes of at least 4 members (excludes halogenated alkanes) is 6. The van der Waals surface area contributed by atoms with Crippen LogP contribution in [-0.4, -0.2) is 25.2 Å². The smallest absolute Gasteiger partial charge is 0.345 e. The van der Waals surface area contributed by atoms with Crippen molar-refractivity contribution in [3.8, 4) is 11.5 Å². The van der Waals surface area contributed by atoms with E-state index in [-0.39, 0.29) is 17.2 Å². The van der Waals surface area contributed by atoms with Crippen LogP contribution >= 0.6 is 11.6 Å². The summed E-state index contributed by atoms with van der Waals surface area (Å²) in [4.78, 5) is 24.3. The van der Waals surface area contributed by atoms with Crippen molar-refractivity contribution in [3.05, 3.63) is 58.6 Å². The molecule has 6 nitrogen and oxygen atoms in total. The highest BCUT2D eigenvalue weighted by Crippen LogP contribution is 2.29. The van der Waals surface area contributed by atoms with Gasteiger partial charge in [0.25, 0.3) is 0 Å². The molecule has 0 aliphatic heterocycles. The number of nitrogens with zero attached hydrogens (tertiary/aromatic N) is 1. The fourth-order valence-electron chi connectivity index (χ4n) is 3.11. The van der Waals surface area contributed by atoms with E-state index in [1.165, 1.54) is 45.4 Å². The molecule has 7 heteroatoms. The SMILES string of the molecule is CCCCCCCCCC(=O)NN=Cc1ccc(OC(=O)c2ccccc2Cl)c(OC)c1. The van der Waals surface area contributed by atoms with E-state index in [1.807, 2.05) is 0 Å². The average molecular weight is 459 g/mol. The summed E-state index contributed by atoms with van der Waals surface area (Å²) >= 11 is 6.05. The summed E-state index contributed by atoms with van der Waals surface area (Å²) in [5.41, 5.74) is 3.50. The van der Waals surface area contributed by atoms with E-state index in [0.717, 1.165) is 12.8 Å². The Bertz CT molecular complexity index is 915. The van der Waals surface area contributed by atoms with E-state index in [2.05, 4.69) is 17.5 Å². The van der Waals surface area contributed by atoms with Gasteiger partial charge in [-0.25, -0.2) is 10.2 Å². The summed E-state index contributed by atoms with van der Waals surface area (Å²) < 4.78 is 10.7. The molecule has 0 atom stereocenters. The van der Waals surface area contributed by atoms with E-state index < -0.39 is 5.97 Å². The van der Waals surface area contributed by atoms with E-state index in [4.69, 9.17) is 21.1 Å². The number of hydrazone groups is 1. The topological polar surface area (TPSA) is 77.0 Å². The van der Waals surface area contributed by atoms with Gasteiger partial charge in [0.05, 0.1) is 23.9 Å². The third-order valence-electron chi connectivity index (χ3n) is 4.89. The third kappa shape index (κ3) is 8.71. The maximum Gasteiger partial charge on any atom is 0.345 e. The van der Waals surface area contributed by atoms with Crippen LogP contribution in [0.3, 0.4) is 0 Å². The quantitative estimate of drug-likeness (QED) is 0.128. The van der Waals surface area contributed by atoms with Crippen molar-refractivity contribution in [2.24, 2.45) is 5.10 Å². The molecule has 2 aromatic rings. The first kappa shape index (κ1) is 25.4. The molecule has 0 aromatic heterocycles. The molecular formula is C25H31ClN2O4. The molecular weight excluding hydrogens is 428 g/mol. The fourth-order valence-corrected chi connectivity index (χ4v) is 3.32. The molecule has 172 valence electrons. The average Bonchev–Trinajstić information content (AvgIpc) is 2.79. The molecule has 0 saturated carbocycles. The molecule has 2 aromatic carbocycles. The molecule has 0 fully saturated rings. The van der Waals surface area contributed by atoms with Crippen molar-refractivity contribution >= 4 is 29.7 Å². The highest BCUT2D eigenvalue weighted by molar-refractivity contribution is 6.33. The van der Waals surface area contributed by atoms with Crippen molar-refractivity contribution in [2.45, 2.75) is 58.3 Å². The number of methoxy groups -OCH3 is 1. The molecule has 0 aliphatic carbocycles. The van der Waals surface area contributed by atoms with Gasteiger partial charge in [-0.2, -0.15) is 5.10 Å². The van der Waals surface area contributed by atoms with Crippen LogP contribution in [0.4, 0.5) is 0 Å². The Balaban J connectivity index is 1.83. The second-order valence-electron chi connectivity index (χ2n) is 7.44. The van der Waals surface area contributed by atoms with Crippen molar-refractivity contribution in [1.82, 2.24) is 5.43 Å².